The van der Waals surface area contributed by atoms with Gasteiger partial charge in [0.2, 0.25) is 0 Å². The molecule has 2 N–H and O–H groups in total. The average Bonchev–Trinajstić information content (AvgIpc) is 2.70. The normalized spacial score (nSPS) is 28.1. The number of hydrogen-bond donors (Lipinski definition) is 1. The van der Waals surface area contributed by atoms with E-state index in [0.29, 0.717) is 17.4 Å². The lowest BCUT2D eigenvalue weighted by atomic mass is 9.67. The van der Waals surface area contributed by atoms with Crippen molar-refractivity contribution in [2.45, 2.75) is 71.9 Å². The van der Waals surface area contributed by atoms with Gasteiger partial charge in [0, 0.05) is 18.0 Å². The molecule has 0 aromatic carbocycles. The van der Waals surface area contributed by atoms with Crippen molar-refractivity contribution >= 4 is 15.9 Å². The van der Waals surface area contributed by atoms with Crippen LogP contribution in [0.1, 0.15) is 71.5 Å². The third-order valence-corrected chi connectivity index (χ3v) is 5.37. The summed E-state index contributed by atoms with van der Waals surface area (Å²) in [5.74, 6) is 1.14. The van der Waals surface area contributed by atoms with Crippen LogP contribution in [-0.2, 0) is 0 Å². The molecular weight excluding hydrogens is 314 g/mol. The maximum absolute atomic E-state index is 6.45. The van der Waals surface area contributed by atoms with Crippen molar-refractivity contribution < 1.29 is 0 Å². The summed E-state index contributed by atoms with van der Waals surface area (Å²) < 4.78 is 3.25. The molecule has 2 rings (SSSR count). The Labute approximate surface area is 131 Å². The summed E-state index contributed by atoms with van der Waals surface area (Å²) in [5, 5.41) is 4.53. The monoisotopic (exact) mass is 341 g/mol. The Morgan fingerprint density at radius 2 is 2.00 bits per heavy atom. The lowest BCUT2D eigenvalue weighted by molar-refractivity contribution is 0.150. The second-order valence-electron chi connectivity index (χ2n) is 7.56. The average molecular weight is 342 g/mol. The molecule has 114 valence electrons. The van der Waals surface area contributed by atoms with Crippen molar-refractivity contribution in [1.82, 2.24) is 9.78 Å². The fourth-order valence-corrected chi connectivity index (χ4v) is 3.97. The predicted molar refractivity (Wildman–Crippen MR) is 87.8 cm³/mol. The van der Waals surface area contributed by atoms with Crippen molar-refractivity contribution in [3.05, 3.63) is 16.4 Å². The minimum atomic E-state index is 0.249. The zero-order valence-corrected chi connectivity index (χ0v) is 14.9. The summed E-state index contributed by atoms with van der Waals surface area (Å²) in [6.07, 6.45) is 5.45. The smallest absolute Gasteiger partial charge is 0.0635 e. The van der Waals surface area contributed by atoms with Crippen LogP contribution in [0.3, 0.4) is 0 Å². The molecule has 1 saturated carbocycles. The molecule has 0 aliphatic heterocycles. The van der Waals surface area contributed by atoms with Crippen LogP contribution < -0.4 is 5.73 Å². The third-order valence-electron chi connectivity index (χ3n) is 4.76. The molecule has 3 nitrogen and oxygen atoms in total. The number of nitrogens with two attached hydrogens (primary N) is 1. The van der Waals surface area contributed by atoms with E-state index in [1.165, 1.54) is 18.5 Å². The Balaban J connectivity index is 2.33. The van der Waals surface area contributed by atoms with Gasteiger partial charge in [-0.05, 0) is 60.4 Å². The standard InChI is InChI=1S/C16H28BrN3/c1-10(2)20-15(13(17)9-19-20)12-8-11(16(3,4)5)6-7-14(12)18/h9-12,14H,6-8,18H2,1-5H3. The largest absolute Gasteiger partial charge is 0.327 e. The molecule has 3 unspecified atom stereocenters. The van der Waals surface area contributed by atoms with Gasteiger partial charge in [-0.1, -0.05) is 20.8 Å². The molecule has 3 atom stereocenters. The van der Waals surface area contributed by atoms with Crippen LogP contribution in [0.25, 0.3) is 0 Å². The van der Waals surface area contributed by atoms with E-state index in [9.17, 15) is 0 Å². The van der Waals surface area contributed by atoms with Gasteiger partial charge >= 0.3 is 0 Å². The minimum absolute atomic E-state index is 0.249. The highest BCUT2D eigenvalue weighted by atomic mass is 79.9. The van der Waals surface area contributed by atoms with Crippen molar-refractivity contribution in [2.24, 2.45) is 17.1 Å². The van der Waals surface area contributed by atoms with Gasteiger partial charge in [0.05, 0.1) is 16.4 Å². The van der Waals surface area contributed by atoms with E-state index in [1.807, 2.05) is 6.20 Å². The summed E-state index contributed by atoms with van der Waals surface area (Å²) in [4.78, 5) is 0. The van der Waals surface area contributed by atoms with Gasteiger partial charge in [-0.3, -0.25) is 4.68 Å². The quantitative estimate of drug-likeness (QED) is 0.861. The molecular formula is C16H28BrN3. The summed E-state index contributed by atoms with van der Waals surface area (Å²) in [6, 6.07) is 0.623. The fourth-order valence-electron chi connectivity index (χ4n) is 3.40. The van der Waals surface area contributed by atoms with E-state index in [4.69, 9.17) is 5.73 Å². The Morgan fingerprint density at radius 3 is 2.55 bits per heavy atom. The van der Waals surface area contributed by atoms with E-state index >= 15 is 0 Å². The lowest BCUT2D eigenvalue weighted by Gasteiger charge is -2.41. The highest BCUT2D eigenvalue weighted by Crippen LogP contribution is 2.45. The first-order chi connectivity index (χ1) is 9.21. The first kappa shape index (κ1) is 16.0. The molecule has 1 aliphatic carbocycles. The predicted octanol–water partition coefficient (Wildman–Crippen LogP) is 4.48. The molecule has 0 radical (unpaired) electrons. The number of nitrogens with zero attached hydrogens (tertiary/aromatic N) is 2. The minimum Gasteiger partial charge on any atom is -0.327 e. The Bertz CT molecular complexity index is 459. The van der Waals surface area contributed by atoms with Crippen LogP contribution in [-0.4, -0.2) is 15.8 Å². The SMILES string of the molecule is CC(C)n1ncc(Br)c1C1CC(C(C)(C)C)CCC1N. The van der Waals surface area contributed by atoms with Gasteiger partial charge in [-0.25, -0.2) is 0 Å². The van der Waals surface area contributed by atoms with Crippen LogP contribution in [0.2, 0.25) is 0 Å². The molecule has 20 heavy (non-hydrogen) atoms. The van der Waals surface area contributed by atoms with E-state index in [2.05, 4.69) is 60.3 Å². The Morgan fingerprint density at radius 1 is 1.35 bits per heavy atom. The Hall–Kier alpha value is -0.350. The number of halogens is 1. The molecule has 0 amide bonds. The van der Waals surface area contributed by atoms with Crippen molar-refractivity contribution in [3.63, 3.8) is 0 Å². The fraction of sp³-hybridized carbons (Fsp3) is 0.812. The number of aromatic nitrogens is 2. The molecule has 4 heteroatoms. The topological polar surface area (TPSA) is 43.8 Å². The van der Waals surface area contributed by atoms with Crippen molar-refractivity contribution in [2.75, 3.05) is 0 Å². The first-order valence-electron chi connectivity index (χ1n) is 7.70. The van der Waals surface area contributed by atoms with Crippen LogP contribution in [0.15, 0.2) is 10.7 Å². The van der Waals surface area contributed by atoms with Crippen molar-refractivity contribution in [3.8, 4) is 0 Å². The zero-order chi connectivity index (χ0) is 15.1. The second-order valence-corrected chi connectivity index (χ2v) is 8.42. The van der Waals surface area contributed by atoms with Crippen molar-refractivity contribution in [1.29, 1.82) is 0 Å². The molecule has 1 aromatic heterocycles. The van der Waals surface area contributed by atoms with E-state index in [0.717, 1.165) is 16.8 Å². The van der Waals surface area contributed by atoms with Crippen LogP contribution in [0.5, 0.6) is 0 Å². The summed E-state index contributed by atoms with van der Waals surface area (Å²) in [7, 11) is 0. The van der Waals surface area contributed by atoms with E-state index in [1.54, 1.807) is 0 Å². The molecule has 0 bridgehead atoms. The molecule has 1 aliphatic rings. The van der Waals surface area contributed by atoms with E-state index in [-0.39, 0.29) is 6.04 Å². The van der Waals surface area contributed by atoms with Gasteiger partial charge < -0.3 is 5.73 Å². The molecule has 0 saturated heterocycles. The third kappa shape index (κ3) is 3.11. The molecule has 1 heterocycles. The van der Waals surface area contributed by atoms with Crippen LogP contribution in [0.4, 0.5) is 0 Å². The van der Waals surface area contributed by atoms with Gasteiger partial charge in [0.15, 0.2) is 0 Å². The zero-order valence-electron chi connectivity index (χ0n) is 13.4. The highest BCUT2D eigenvalue weighted by Gasteiger charge is 2.37. The van der Waals surface area contributed by atoms with Crippen LogP contribution >= 0.6 is 15.9 Å². The first-order valence-corrected chi connectivity index (χ1v) is 8.49. The second kappa shape index (κ2) is 5.80. The van der Waals surface area contributed by atoms with Gasteiger partial charge in [-0.2, -0.15) is 5.10 Å². The van der Waals surface area contributed by atoms with Crippen LogP contribution in [0, 0.1) is 11.3 Å². The molecule has 1 aromatic rings. The molecule has 0 spiro atoms. The van der Waals surface area contributed by atoms with Gasteiger partial charge in [0.1, 0.15) is 0 Å². The summed E-state index contributed by atoms with van der Waals surface area (Å²) in [6.45, 7) is 11.4. The number of hydrogen-bond acceptors (Lipinski definition) is 2. The summed E-state index contributed by atoms with van der Waals surface area (Å²) >= 11 is 3.68. The van der Waals surface area contributed by atoms with Gasteiger partial charge in [-0.15, -0.1) is 0 Å². The number of rotatable bonds is 2. The molecule has 1 fully saturated rings. The lowest BCUT2D eigenvalue weighted by Crippen LogP contribution is -2.39. The maximum atomic E-state index is 6.45. The Kier molecular flexibility index (Phi) is 4.65. The maximum Gasteiger partial charge on any atom is 0.0635 e. The summed E-state index contributed by atoms with van der Waals surface area (Å²) in [5.41, 5.74) is 8.10. The van der Waals surface area contributed by atoms with E-state index < -0.39 is 0 Å². The highest BCUT2D eigenvalue weighted by molar-refractivity contribution is 9.10. The van der Waals surface area contributed by atoms with Gasteiger partial charge in [0.25, 0.3) is 0 Å².